The highest BCUT2D eigenvalue weighted by atomic mass is 32.2. The van der Waals surface area contributed by atoms with Crippen molar-refractivity contribution in [2.45, 2.75) is 30.8 Å². The number of anilines is 3. The molecular formula is C27H35N7O5S. The number of hydrogen-bond donors (Lipinski definition) is 3. The van der Waals surface area contributed by atoms with Crippen LogP contribution in [0, 0.1) is 0 Å². The molecule has 0 spiro atoms. The number of sulfonamides is 1. The molecule has 4 rings (SSSR count). The summed E-state index contributed by atoms with van der Waals surface area (Å²) in [5.74, 6) is 1.96. The van der Waals surface area contributed by atoms with Crippen LogP contribution in [0.5, 0.6) is 11.5 Å². The van der Waals surface area contributed by atoms with Crippen LogP contribution in [0.25, 0.3) is 11.0 Å². The van der Waals surface area contributed by atoms with Crippen molar-refractivity contribution in [2.75, 3.05) is 45.0 Å². The molecule has 0 saturated carbocycles. The first kappa shape index (κ1) is 29.1. The van der Waals surface area contributed by atoms with Gasteiger partial charge >= 0.3 is 0 Å². The van der Waals surface area contributed by atoms with Crippen molar-refractivity contribution in [2.24, 2.45) is 7.05 Å². The fourth-order valence-corrected chi connectivity index (χ4v) is 5.23. The number of aryl methyl sites for hydroxylation is 1. The number of aliphatic hydroxyl groups excluding tert-OH is 1. The summed E-state index contributed by atoms with van der Waals surface area (Å²) in [5, 5.41) is 12.4. The highest BCUT2D eigenvalue weighted by Gasteiger charge is 2.24. The van der Waals surface area contributed by atoms with E-state index in [-0.39, 0.29) is 23.3 Å². The molecule has 0 fully saturated rings. The second-order valence-corrected chi connectivity index (χ2v) is 11.1. The normalized spacial score (nSPS) is 11.7. The number of unbranched alkanes of at least 4 members (excludes halogenated alkanes) is 1. The molecule has 4 aromatic rings. The van der Waals surface area contributed by atoms with Crippen LogP contribution in [0.1, 0.15) is 24.2 Å². The number of imidazole rings is 1. The maximum Gasteiger partial charge on any atom is 0.282 e. The van der Waals surface area contributed by atoms with Gasteiger partial charge < -0.3 is 29.4 Å². The average Bonchev–Trinajstić information content (AvgIpc) is 3.29. The van der Waals surface area contributed by atoms with Crippen LogP contribution < -0.4 is 19.5 Å². The van der Waals surface area contributed by atoms with E-state index < -0.39 is 10.0 Å². The lowest BCUT2D eigenvalue weighted by Crippen LogP contribution is -2.17. The number of methoxy groups -OCH3 is 2. The SMILES string of the molecule is COc1cc(Nc2nc3ccccc3nc2NS(=O)(=O)c2cn(C)c(CN(C)C)n2)c(CCCCO)c(OC)c1. The van der Waals surface area contributed by atoms with Crippen LogP contribution >= 0.6 is 0 Å². The summed E-state index contributed by atoms with van der Waals surface area (Å²) in [6, 6.07) is 10.8. The number of nitrogens with zero attached hydrogens (tertiary/aromatic N) is 5. The number of hydrogen-bond acceptors (Lipinski definition) is 10. The van der Waals surface area contributed by atoms with E-state index >= 15 is 0 Å². The molecule has 214 valence electrons. The Morgan fingerprint density at radius 2 is 1.70 bits per heavy atom. The van der Waals surface area contributed by atoms with Gasteiger partial charge in [0, 0.05) is 37.5 Å². The summed E-state index contributed by atoms with van der Waals surface area (Å²) in [6.45, 7) is 0.554. The molecule has 0 bridgehead atoms. The second kappa shape index (κ2) is 12.5. The van der Waals surface area contributed by atoms with E-state index in [2.05, 4.69) is 20.0 Å². The van der Waals surface area contributed by atoms with Gasteiger partial charge in [-0.3, -0.25) is 4.72 Å². The summed E-state index contributed by atoms with van der Waals surface area (Å²) >= 11 is 0. The summed E-state index contributed by atoms with van der Waals surface area (Å²) in [6.07, 6.45) is 3.40. The van der Waals surface area contributed by atoms with Gasteiger partial charge in [-0.2, -0.15) is 8.42 Å². The third-order valence-corrected chi connectivity index (χ3v) is 7.42. The van der Waals surface area contributed by atoms with Crippen molar-refractivity contribution in [3.8, 4) is 11.5 Å². The molecule has 40 heavy (non-hydrogen) atoms. The molecule has 3 N–H and O–H groups in total. The van der Waals surface area contributed by atoms with Gasteiger partial charge in [-0.05, 0) is 45.5 Å². The first-order valence-electron chi connectivity index (χ1n) is 12.7. The zero-order chi connectivity index (χ0) is 28.9. The number of benzene rings is 2. The van der Waals surface area contributed by atoms with Crippen molar-refractivity contribution in [1.29, 1.82) is 0 Å². The first-order valence-corrected chi connectivity index (χ1v) is 14.2. The third-order valence-electron chi connectivity index (χ3n) is 6.21. The Balaban J connectivity index is 1.79. The monoisotopic (exact) mass is 569 g/mol. The molecule has 0 aliphatic rings. The molecule has 0 radical (unpaired) electrons. The molecule has 2 aromatic carbocycles. The number of rotatable bonds is 13. The maximum atomic E-state index is 13.5. The van der Waals surface area contributed by atoms with Crippen LogP contribution in [0.15, 0.2) is 47.6 Å². The van der Waals surface area contributed by atoms with Crippen molar-refractivity contribution in [3.63, 3.8) is 0 Å². The Morgan fingerprint density at radius 1 is 1.00 bits per heavy atom. The van der Waals surface area contributed by atoms with Gasteiger partial charge in [0.15, 0.2) is 16.7 Å². The minimum absolute atomic E-state index is 0.0154. The Labute approximate surface area is 234 Å². The van der Waals surface area contributed by atoms with Crippen molar-refractivity contribution >= 4 is 38.4 Å². The Morgan fingerprint density at radius 3 is 2.33 bits per heavy atom. The molecule has 0 atom stereocenters. The summed E-state index contributed by atoms with van der Waals surface area (Å²) in [4.78, 5) is 15.6. The number of ether oxygens (including phenoxy) is 2. The van der Waals surface area contributed by atoms with Gasteiger partial charge in [-0.15, -0.1) is 0 Å². The molecule has 0 unspecified atom stereocenters. The lowest BCUT2D eigenvalue weighted by atomic mass is 10.0. The smallest absolute Gasteiger partial charge is 0.282 e. The van der Waals surface area contributed by atoms with E-state index in [1.54, 1.807) is 56.2 Å². The molecule has 0 aliphatic carbocycles. The van der Waals surface area contributed by atoms with Gasteiger partial charge in [0.2, 0.25) is 0 Å². The molecule has 13 heteroatoms. The van der Waals surface area contributed by atoms with E-state index in [1.165, 1.54) is 6.20 Å². The Kier molecular flexibility index (Phi) is 9.07. The highest BCUT2D eigenvalue weighted by molar-refractivity contribution is 7.92. The standard InChI is InChI=1S/C27H35N7O5S/c1-33(2)16-24-31-25(17-34(24)3)40(36,37)32-27-26(28-20-11-6-7-12-21(20)29-27)30-22-14-18(38-4)15-23(39-5)19(22)10-8-9-13-35/h6-7,11-12,14-15,17,35H,8-10,13,16H2,1-5H3,(H,28,30)(H,29,32). The molecule has 2 heterocycles. The Hall–Kier alpha value is -3.94. The van der Waals surface area contributed by atoms with Crippen molar-refractivity contribution < 1.29 is 23.0 Å². The number of para-hydroxylation sites is 2. The van der Waals surface area contributed by atoms with E-state index in [0.717, 1.165) is 5.56 Å². The molecule has 12 nitrogen and oxygen atoms in total. The average molecular weight is 570 g/mol. The maximum absolute atomic E-state index is 13.5. The first-order chi connectivity index (χ1) is 19.1. The predicted molar refractivity (Wildman–Crippen MR) is 154 cm³/mol. The Bertz CT molecular complexity index is 1590. The van der Waals surface area contributed by atoms with Crippen LogP contribution in [0.2, 0.25) is 0 Å². The van der Waals surface area contributed by atoms with Gasteiger partial charge in [0.1, 0.15) is 17.3 Å². The fourth-order valence-electron chi connectivity index (χ4n) is 4.20. The number of aliphatic hydroxyl groups is 1. The molecule has 0 saturated heterocycles. The zero-order valence-corrected chi connectivity index (χ0v) is 24.1. The van der Waals surface area contributed by atoms with Crippen molar-refractivity contribution in [1.82, 2.24) is 24.4 Å². The van der Waals surface area contributed by atoms with E-state index in [1.807, 2.05) is 25.1 Å². The number of aromatic nitrogens is 4. The topological polar surface area (TPSA) is 144 Å². The minimum atomic E-state index is -4.11. The lowest BCUT2D eigenvalue weighted by molar-refractivity contribution is 0.284. The van der Waals surface area contributed by atoms with Crippen LogP contribution in [-0.4, -0.2) is 72.9 Å². The lowest BCUT2D eigenvalue weighted by Gasteiger charge is -2.19. The molecule has 0 aliphatic heterocycles. The number of fused-ring (bicyclic) bond motifs is 1. The molecular weight excluding hydrogens is 534 g/mol. The van der Waals surface area contributed by atoms with E-state index in [0.29, 0.717) is 59.9 Å². The van der Waals surface area contributed by atoms with Gasteiger partial charge in [-0.25, -0.2) is 15.0 Å². The minimum Gasteiger partial charge on any atom is -0.497 e. The van der Waals surface area contributed by atoms with Crippen molar-refractivity contribution in [3.05, 3.63) is 54.0 Å². The summed E-state index contributed by atoms with van der Waals surface area (Å²) in [7, 11) is 4.54. The van der Waals surface area contributed by atoms with Gasteiger partial charge in [0.25, 0.3) is 10.0 Å². The molecule has 0 amide bonds. The predicted octanol–water partition coefficient (Wildman–Crippen LogP) is 3.30. The third kappa shape index (κ3) is 6.61. The quantitative estimate of drug-likeness (QED) is 0.205. The van der Waals surface area contributed by atoms with E-state index in [9.17, 15) is 13.5 Å². The van der Waals surface area contributed by atoms with Crippen LogP contribution in [0.3, 0.4) is 0 Å². The second-order valence-electron chi connectivity index (χ2n) is 9.52. The number of nitrogens with one attached hydrogen (secondary N) is 2. The van der Waals surface area contributed by atoms with Crippen LogP contribution in [-0.2, 0) is 30.0 Å². The van der Waals surface area contributed by atoms with Gasteiger partial charge in [0.05, 0.1) is 37.5 Å². The summed E-state index contributed by atoms with van der Waals surface area (Å²) in [5.41, 5.74) is 2.55. The van der Waals surface area contributed by atoms with E-state index in [4.69, 9.17) is 14.5 Å². The summed E-state index contributed by atoms with van der Waals surface area (Å²) < 4.78 is 42.3. The largest absolute Gasteiger partial charge is 0.497 e. The van der Waals surface area contributed by atoms with Crippen LogP contribution in [0.4, 0.5) is 17.3 Å². The highest BCUT2D eigenvalue weighted by Crippen LogP contribution is 2.37. The molecule has 2 aromatic heterocycles. The van der Waals surface area contributed by atoms with Gasteiger partial charge in [-0.1, -0.05) is 12.1 Å². The fraction of sp³-hybridized carbons (Fsp3) is 0.370. The zero-order valence-electron chi connectivity index (χ0n) is 23.3.